The summed E-state index contributed by atoms with van der Waals surface area (Å²) in [5, 5.41) is 6.73. The lowest BCUT2D eigenvalue weighted by Gasteiger charge is -2.27. The second-order valence-corrected chi connectivity index (χ2v) is 9.47. The zero-order valence-electron chi connectivity index (χ0n) is 17.0. The van der Waals surface area contributed by atoms with E-state index in [2.05, 4.69) is 52.6 Å². The summed E-state index contributed by atoms with van der Waals surface area (Å²) in [6.07, 6.45) is 1.95. The summed E-state index contributed by atoms with van der Waals surface area (Å²) in [6.45, 7) is 8.27. The third kappa shape index (κ3) is 3.78. The number of nitrogens with zero attached hydrogens (tertiary/aromatic N) is 4. The first kappa shape index (κ1) is 19.4. The Kier molecular flexibility index (Phi) is 5.37. The minimum absolute atomic E-state index is 0.667. The first-order valence-corrected chi connectivity index (χ1v) is 11.7. The summed E-state index contributed by atoms with van der Waals surface area (Å²) in [5.74, 6) is 2.68. The maximum atomic E-state index is 5.43. The number of rotatable bonds is 5. The number of ether oxygens (including phenoxy) is 1. The highest BCUT2D eigenvalue weighted by Crippen LogP contribution is 2.35. The van der Waals surface area contributed by atoms with E-state index in [1.165, 1.54) is 10.4 Å². The van der Waals surface area contributed by atoms with Crippen LogP contribution in [0.15, 0.2) is 35.8 Å². The van der Waals surface area contributed by atoms with E-state index in [1.54, 1.807) is 22.7 Å². The van der Waals surface area contributed by atoms with Gasteiger partial charge in [0.15, 0.2) is 5.82 Å². The van der Waals surface area contributed by atoms with E-state index >= 15 is 0 Å². The van der Waals surface area contributed by atoms with Gasteiger partial charge in [0.25, 0.3) is 0 Å². The summed E-state index contributed by atoms with van der Waals surface area (Å²) in [5.41, 5.74) is 2.37. The molecule has 4 aromatic heterocycles. The van der Waals surface area contributed by atoms with Gasteiger partial charge in [0.05, 0.1) is 23.5 Å². The van der Waals surface area contributed by atoms with Crippen LogP contribution in [0.3, 0.4) is 0 Å². The molecule has 0 aromatic carbocycles. The molecule has 1 saturated heterocycles. The quantitative estimate of drug-likeness (QED) is 0.480. The van der Waals surface area contributed by atoms with Crippen molar-refractivity contribution in [3.05, 3.63) is 51.8 Å². The summed E-state index contributed by atoms with van der Waals surface area (Å²) < 4.78 is 5.43. The number of thiophene rings is 2. The zero-order valence-corrected chi connectivity index (χ0v) is 18.6. The summed E-state index contributed by atoms with van der Waals surface area (Å²) in [7, 11) is 0. The SMILES string of the molecule is Cc1sc2nc(-c3cccs3)nc(NCc3ccc(N4CCOCC4)nc3)c2c1C. The number of pyridine rings is 1. The molecule has 6 nitrogen and oxygen atoms in total. The second-order valence-electron chi connectivity index (χ2n) is 7.31. The molecule has 30 heavy (non-hydrogen) atoms. The smallest absolute Gasteiger partial charge is 0.173 e. The van der Waals surface area contributed by atoms with Crippen LogP contribution in [0.25, 0.3) is 20.9 Å². The van der Waals surface area contributed by atoms with Gasteiger partial charge in [-0.15, -0.1) is 22.7 Å². The molecule has 0 unspecified atom stereocenters. The molecule has 0 radical (unpaired) electrons. The molecule has 1 N–H and O–H groups in total. The lowest BCUT2D eigenvalue weighted by molar-refractivity contribution is 0.122. The maximum absolute atomic E-state index is 5.43. The molecular formula is C22H23N5OS2. The molecule has 1 aliphatic heterocycles. The number of aromatic nitrogens is 3. The average Bonchev–Trinajstić information content (AvgIpc) is 3.42. The molecule has 0 amide bonds. The van der Waals surface area contributed by atoms with E-state index in [-0.39, 0.29) is 0 Å². The van der Waals surface area contributed by atoms with Crippen molar-refractivity contribution in [3.63, 3.8) is 0 Å². The van der Waals surface area contributed by atoms with E-state index in [9.17, 15) is 0 Å². The molecule has 0 saturated carbocycles. The molecular weight excluding hydrogens is 414 g/mol. The van der Waals surface area contributed by atoms with Crippen molar-refractivity contribution in [3.8, 4) is 10.7 Å². The Bertz CT molecular complexity index is 1150. The van der Waals surface area contributed by atoms with E-state index < -0.39 is 0 Å². The van der Waals surface area contributed by atoms with Crippen LogP contribution >= 0.6 is 22.7 Å². The van der Waals surface area contributed by atoms with Gasteiger partial charge >= 0.3 is 0 Å². The Labute approximate surface area is 183 Å². The van der Waals surface area contributed by atoms with E-state index in [1.807, 2.05) is 12.3 Å². The highest BCUT2D eigenvalue weighted by Gasteiger charge is 2.16. The Morgan fingerprint density at radius 3 is 2.73 bits per heavy atom. The lowest BCUT2D eigenvalue weighted by Crippen LogP contribution is -2.36. The van der Waals surface area contributed by atoms with Crippen LogP contribution in [0.4, 0.5) is 11.6 Å². The van der Waals surface area contributed by atoms with Crippen LogP contribution in [-0.2, 0) is 11.3 Å². The second kappa shape index (κ2) is 8.29. The van der Waals surface area contributed by atoms with Gasteiger partial charge in [0, 0.05) is 30.7 Å². The topological polar surface area (TPSA) is 63.2 Å². The molecule has 0 bridgehead atoms. The van der Waals surface area contributed by atoms with Gasteiger partial charge < -0.3 is 15.0 Å². The zero-order chi connectivity index (χ0) is 20.5. The Morgan fingerprint density at radius 1 is 1.13 bits per heavy atom. The number of aryl methyl sites for hydroxylation is 2. The fourth-order valence-corrected chi connectivity index (χ4v) is 5.27. The standard InChI is InChI=1S/C22H23N5OS2/c1-14-15(2)30-22-19(14)21(25-20(26-22)17-4-3-11-29-17)24-13-16-5-6-18(23-12-16)27-7-9-28-10-8-27/h3-6,11-12H,7-10,13H2,1-2H3,(H,24,25,26). The third-order valence-electron chi connectivity index (χ3n) is 5.37. The van der Waals surface area contributed by atoms with Crippen molar-refractivity contribution < 1.29 is 4.74 Å². The molecule has 5 heterocycles. The number of hydrogen-bond donors (Lipinski definition) is 1. The van der Waals surface area contributed by atoms with E-state index in [0.29, 0.717) is 6.54 Å². The van der Waals surface area contributed by atoms with Crippen LogP contribution in [-0.4, -0.2) is 41.3 Å². The molecule has 154 valence electrons. The van der Waals surface area contributed by atoms with Crippen LogP contribution in [0.2, 0.25) is 0 Å². The lowest BCUT2D eigenvalue weighted by atomic mass is 10.2. The first-order chi connectivity index (χ1) is 14.7. The predicted molar refractivity (Wildman–Crippen MR) is 125 cm³/mol. The van der Waals surface area contributed by atoms with Crippen molar-refractivity contribution in [2.75, 3.05) is 36.5 Å². The number of nitrogens with one attached hydrogen (secondary N) is 1. The monoisotopic (exact) mass is 437 g/mol. The normalized spacial score (nSPS) is 14.4. The molecule has 4 aromatic rings. The highest BCUT2D eigenvalue weighted by molar-refractivity contribution is 7.19. The molecule has 0 aliphatic carbocycles. The van der Waals surface area contributed by atoms with Crippen LogP contribution in [0.5, 0.6) is 0 Å². The maximum Gasteiger partial charge on any atom is 0.173 e. The Hall–Kier alpha value is -2.55. The summed E-state index contributed by atoms with van der Waals surface area (Å²) in [4.78, 5) is 20.0. The summed E-state index contributed by atoms with van der Waals surface area (Å²) in [6, 6.07) is 8.33. The summed E-state index contributed by atoms with van der Waals surface area (Å²) >= 11 is 3.39. The van der Waals surface area contributed by atoms with Crippen molar-refractivity contribution in [2.24, 2.45) is 0 Å². The fourth-order valence-electron chi connectivity index (χ4n) is 3.58. The van der Waals surface area contributed by atoms with Crippen LogP contribution in [0, 0.1) is 13.8 Å². The number of anilines is 2. The van der Waals surface area contributed by atoms with Gasteiger partial charge in [-0.05, 0) is 42.5 Å². The Morgan fingerprint density at radius 2 is 2.00 bits per heavy atom. The van der Waals surface area contributed by atoms with Gasteiger partial charge in [0.2, 0.25) is 0 Å². The van der Waals surface area contributed by atoms with Gasteiger partial charge in [-0.25, -0.2) is 15.0 Å². The van der Waals surface area contributed by atoms with Crippen molar-refractivity contribution in [1.82, 2.24) is 15.0 Å². The fraction of sp³-hybridized carbons (Fsp3) is 0.318. The number of morpholine rings is 1. The molecule has 1 fully saturated rings. The number of hydrogen-bond acceptors (Lipinski definition) is 8. The minimum atomic E-state index is 0.667. The van der Waals surface area contributed by atoms with Crippen LogP contribution in [0.1, 0.15) is 16.0 Å². The minimum Gasteiger partial charge on any atom is -0.378 e. The van der Waals surface area contributed by atoms with Crippen molar-refractivity contribution >= 4 is 44.5 Å². The highest BCUT2D eigenvalue weighted by atomic mass is 32.1. The Balaban J connectivity index is 1.40. The van der Waals surface area contributed by atoms with Gasteiger partial charge in [-0.2, -0.15) is 0 Å². The van der Waals surface area contributed by atoms with E-state index in [0.717, 1.165) is 64.4 Å². The molecule has 8 heteroatoms. The molecule has 0 spiro atoms. The largest absolute Gasteiger partial charge is 0.378 e. The van der Waals surface area contributed by atoms with Crippen LogP contribution < -0.4 is 10.2 Å². The molecule has 5 rings (SSSR count). The van der Waals surface area contributed by atoms with Gasteiger partial charge in [-0.3, -0.25) is 0 Å². The third-order valence-corrected chi connectivity index (χ3v) is 7.34. The molecule has 0 atom stereocenters. The van der Waals surface area contributed by atoms with E-state index in [4.69, 9.17) is 14.7 Å². The van der Waals surface area contributed by atoms with Crippen molar-refractivity contribution in [1.29, 1.82) is 0 Å². The first-order valence-electron chi connectivity index (χ1n) is 10.0. The number of fused-ring (bicyclic) bond motifs is 1. The van der Waals surface area contributed by atoms with Crippen molar-refractivity contribution in [2.45, 2.75) is 20.4 Å². The van der Waals surface area contributed by atoms with Gasteiger partial charge in [-0.1, -0.05) is 12.1 Å². The van der Waals surface area contributed by atoms with Gasteiger partial charge in [0.1, 0.15) is 16.5 Å². The molecule has 1 aliphatic rings. The predicted octanol–water partition coefficient (Wildman–Crippen LogP) is 4.88. The average molecular weight is 438 g/mol.